The molecule has 1 atom stereocenters. The molecule has 0 heterocycles. The summed E-state index contributed by atoms with van der Waals surface area (Å²) >= 11 is 0. The SMILES string of the molecule is CCOc1ccc(S(=O)(=O)NC(C)C(=O)NC(C)(C)C)cc1. The molecule has 1 aromatic carbocycles. The number of rotatable bonds is 6. The maximum absolute atomic E-state index is 12.2. The minimum absolute atomic E-state index is 0.0892. The molecule has 2 N–H and O–H groups in total. The van der Waals surface area contributed by atoms with Crippen LogP contribution in [0.15, 0.2) is 29.2 Å². The van der Waals surface area contributed by atoms with Gasteiger partial charge < -0.3 is 10.1 Å². The Bertz CT molecular complexity index is 603. The fraction of sp³-hybridized carbons (Fsp3) is 0.533. The topological polar surface area (TPSA) is 84.5 Å². The van der Waals surface area contributed by atoms with E-state index in [4.69, 9.17) is 4.74 Å². The first-order valence-corrected chi connectivity index (χ1v) is 8.60. The average Bonchev–Trinajstić information content (AvgIpc) is 2.37. The number of ether oxygens (including phenoxy) is 1. The summed E-state index contributed by atoms with van der Waals surface area (Å²) in [4.78, 5) is 12.0. The van der Waals surface area contributed by atoms with Crippen molar-refractivity contribution in [2.45, 2.75) is 51.1 Å². The van der Waals surface area contributed by atoms with E-state index in [1.54, 1.807) is 12.1 Å². The molecule has 0 aromatic heterocycles. The molecule has 0 fully saturated rings. The van der Waals surface area contributed by atoms with Gasteiger partial charge in [-0.2, -0.15) is 4.72 Å². The Balaban J connectivity index is 2.80. The third kappa shape index (κ3) is 5.65. The number of sulfonamides is 1. The van der Waals surface area contributed by atoms with Crippen LogP contribution in [-0.2, 0) is 14.8 Å². The fourth-order valence-corrected chi connectivity index (χ4v) is 2.92. The van der Waals surface area contributed by atoms with Crippen molar-refractivity contribution in [2.75, 3.05) is 6.61 Å². The Morgan fingerprint density at radius 1 is 1.23 bits per heavy atom. The molecule has 0 saturated carbocycles. The van der Waals surface area contributed by atoms with Crippen LogP contribution in [0.1, 0.15) is 34.6 Å². The van der Waals surface area contributed by atoms with Crippen LogP contribution >= 0.6 is 0 Å². The summed E-state index contributed by atoms with van der Waals surface area (Å²) in [6, 6.07) is 5.19. The molecule has 0 aliphatic heterocycles. The Labute approximate surface area is 132 Å². The lowest BCUT2D eigenvalue weighted by atomic mass is 10.1. The molecule has 0 radical (unpaired) electrons. The Hall–Kier alpha value is -1.60. The summed E-state index contributed by atoms with van der Waals surface area (Å²) < 4.78 is 32.1. The van der Waals surface area contributed by atoms with Gasteiger partial charge in [0.1, 0.15) is 5.75 Å². The summed E-state index contributed by atoms with van der Waals surface area (Å²) in [7, 11) is -3.76. The number of carbonyl (C=O) groups is 1. The van der Waals surface area contributed by atoms with Crippen LogP contribution < -0.4 is 14.8 Å². The van der Waals surface area contributed by atoms with Crippen LogP contribution in [0, 0.1) is 0 Å². The molecule has 1 rings (SSSR count). The second-order valence-electron chi connectivity index (χ2n) is 5.99. The van der Waals surface area contributed by atoms with E-state index in [2.05, 4.69) is 10.0 Å². The zero-order valence-electron chi connectivity index (χ0n) is 13.6. The zero-order valence-corrected chi connectivity index (χ0v) is 14.5. The number of amides is 1. The third-order valence-electron chi connectivity index (χ3n) is 2.67. The Morgan fingerprint density at radius 2 is 1.77 bits per heavy atom. The van der Waals surface area contributed by atoms with Gasteiger partial charge in [-0.1, -0.05) is 0 Å². The highest BCUT2D eigenvalue weighted by molar-refractivity contribution is 7.89. The van der Waals surface area contributed by atoms with Crippen molar-refractivity contribution >= 4 is 15.9 Å². The molecule has 0 spiro atoms. The molecule has 124 valence electrons. The van der Waals surface area contributed by atoms with Crippen molar-refractivity contribution < 1.29 is 17.9 Å². The lowest BCUT2D eigenvalue weighted by Crippen LogP contribution is -2.50. The van der Waals surface area contributed by atoms with Gasteiger partial charge in [0.2, 0.25) is 15.9 Å². The smallest absolute Gasteiger partial charge is 0.241 e. The van der Waals surface area contributed by atoms with Crippen molar-refractivity contribution in [1.82, 2.24) is 10.0 Å². The van der Waals surface area contributed by atoms with Gasteiger partial charge in [0.25, 0.3) is 0 Å². The molecule has 0 saturated heterocycles. The van der Waals surface area contributed by atoms with Crippen LogP contribution in [-0.4, -0.2) is 32.5 Å². The molecule has 22 heavy (non-hydrogen) atoms. The van der Waals surface area contributed by atoms with Crippen LogP contribution in [0.2, 0.25) is 0 Å². The number of carbonyl (C=O) groups excluding carboxylic acids is 1. The molecule has 1 amide bonds. The van der Waals surface area contributed by atoms with Crippen molar-refractivity contribution in [3.63, 3.8) is 0 Å². The predicted octanol–water partition coefficient (Wildman–Crippen LogP) is 1.67. The van der Waals surface area contributed by atoms with Gasteiger partial charge in [-0.3, -0.25) is 4.79 Å². The van der Waals surface area contributed by atoms with Crippen molar-refractivity contribution in [2.24, 2.45) is 0 Å². The van der Waals surface area contributed by atoms with Gasteiger partial charge in [0.15, 0.2) is 0 Å². The van der Waals surface area contributed by atoms with Crippen LogP contribution in [0.25, 0.3) is 0 Å². The fourth-order valence-electron chi connectivity index (χ4n) is 1.71. The van der Waals surface area contributed by atoms with E-state index in [9.17, 15) is 13.2 Å². The second kappa shape index (κ2) is 7.11. The standard InChI is InChI=1S/C15H24N2O4S/c1-6-21-12-7-9-13(10-8-12)22(19,20)17-11(2)14(18)16-15(3,4)5/h7-11,17H,6H2,1-5H3,(H,16,18). The van der Waals surface area contributed by atoms with E-state index in [0.717, 1.165) is 0 Å². The molecule has 1 aromatic rings. The van der Waals surface area contributed by atoms with E-state index in [0.29, 0.717) is 12.4 Å². The third-order valence-corrected chi connectivity index (χ3v) is 4.23. The first-order valence-electron chi connectivity index (χ1n) is 7.12. The lowest BCUT2D eigenvalue weighted by Gasteiger charge is -2.23. The summed E-state index contributed by atoms with van der Waals surface area (Å²) in [5.74, 6) is 0.224. The monoisotopic (exact) mass is 328 g/mol. The van der Waals surface area contributed by atoms with Gasteiger partial charge in [-0.05, 0) is 58.9 Å². The quantitative estimate of drug-likeness (QED) is 0.832. The van der Waals surface area contributed by atoms with E-state index in [1.165, 1.54) is 19.1 Å². The van der Waals surface area contributed by atoms with E-state index >= 15 is 0 Å². The summed E-state index contributed by atoms with van der Waals surface area (Å²) in [6.45, 7) is 9.36. The minimum Gasteiger partial charge on any atom is -0.494 e. The highest BCUT2D eigenvalue weighted by Crippen LogP contribution is 2.16. The van der Waals surface area contributed by atoms with Crippen LogP contribution in [0.4, 0.5) is 0 Å². The molecule has 1 unspecified atom stereocenters. The molecule has 6 nitrogen and oxygen atoms in total. The van der Waals surface area contributed by atoms with Crippen molar-refractivity contribution in [3.05, 3.63) is 24.3 Å². The molecular weight excluding hydrogens is 304 g/mol. The normalized spacial score (nSPS) is 13.5. The number of nitrogens with one attached hydrogen (secondary N) is 2. The first-order chi connectivity index (χ1) is 10.0. The molecule has 0 aliphatic carbocycles. The highest BCUT2D eigenvalue weighted by atomic mass is 32.2. The first kappa shape index (κ1) is 18.4. The average molecular weight is 328 g/mol. The Morgan fingerprint density at radius 3 is 2.23 bits per heavy atom. The van der Waals surface area contributed by atoms with Gasteiger partial charge in [-0.25, -0.2) is 8.42 Å². The maximum atomic E-state index is 12.2. The number of hydrogen-bond donors (Lipinski definition) is 2. The summed E-state index contributed by atoms with van der Waals surface area (Å²) in [5.41, 5.74) is -0.421. The zero-order chi connectivity index (χ0) is 17.0. The van der Waals surface area contributed by atoms with E-state index in [1.807, 2.05) is 27.7 Å². The van der Waals surface area contributed by atoms with Gasteiger partial charge in [0.05, 0.1) is 17.5 Å². The largest absolute Gasteiger partial charge is 0.494 e. The summed E-state index contributed by atoms with van der Waals surface area (Å²) in [6.07, 6.45) is 0. The maximum Gasteiger partial charge on any atom is 0.241 e. The lowest BCUT2D eigenvalue weighted by molar-refractivity contribution is -0.123. The van der Waals surface area contributed by atoms with Crippen LogP contribution in [0.5, 0.6) is 5.75 Å². The molecular formula is C15H24N2O4S. The van der Waals surface area contributed by atoms with Gasteiger partial charge >= 0.3 is 0 Å². The molecule has 0 aliphatic rings. The van der Waals surface area contributed by atoms with E-state index in [-0.39, 0.29) is 10.8 Å². The molecule has 7 heteroatoms. The highest BCUT2D eigenvalue weighted by Gasteiger charge is 2.24. The van der Waals surface area contributed by atoms with Crippen LogP contribution in [0.3, 0.4) is 0 Å². The van der Waals surface area contributed by atoms with Gasteiger partial charge in [-0.15, -0.1) is 0 Å². The molecule has 0 bridgehead atoms. The number of hydrogen-bond acceptors (Lipinski definition) is 4. The van der Waals surface area contributed by atoms with Gasteiger partial charge in [0, 0.05) is 5.54 Å². The Kier molecular flexibility index (Phi) is 5.96. The van der Waals surface area contributed by atoms with Crippen molar-refractivity contribution in [3.8, 4) is 5.75 Å². The van der Waals surface area contributed by atoms with E-state index < -0.39 is 21.6 Å². The predicted molar refractivity (Wildman–Crippen MR) is 85.3 cm³/mol. The minimum atomic E-state index is -3.76. The van der Waals surface area contributed by atoms with Crippen molar-refractivity contribution in [1.29, 1.82) is 0 Å². The summed E-state index contributed by atoms with van der Waals surface area (Å²) in [5, 5.41) is 2.73. The second-order valence-corrected chi connectivity index (χ2v) is 7.70. The number of benzene rings is 1.